The smallest absolute Gasteiger partial charge is 0.335 e. The van der Waals surface area contributed by atoms with Crippen LogP contribution in [0.15, 0.2) is 66.7 Å². The van der Waals surface area contributed by atoms with Gasteiger partial charge in [-0.3, -0.25) is 4.79 Å². The molecule has 4 aromatic rings. The number of carbonyl (C=O) groups is 2. The fraction of sp³-hybridized carbons (Fsp3) is 0.450. The Labute approximate surface area is 280 Å². The fourth-order valence-corrected chi connectivity index (χ4v) is 6.62. The van der Waals surface area contributed by atoms with Gasteiger partial charge in [0.05, 0.1) is 16.8 Å². The summed E-state index contributed by atoms with van der Waals surface area (Å²) in [6.45, 7) is 10.6. The predicted octanol–water partition coefficient (Wildman–Crippen LogP) is 9.28. The second kappa shape index (κ2) is 17.2. The van der Waals surface area contributed by atoms with Gasteiger partial charge in [-0.05, 0) is 96.2 Å². The van der Waals surface area contributed by atoms with Crippen LogP contribution in [0, 0.1) is 0 Å². The molecule has 252 valence electrons. The Morgan fingerprint density at radius 1 is 1.00 bits per heavy atom. The Hall–Kier alpha value is -4.10. The highest BCUT2D eigenvalue weighted by Crippen LogP contribution is 2.42. The molecule has 1 unspecified atom stereocenters. The zero-order valence-corrected chi connectivity index (χ0v) is 29.1. The summed E-state index contributed by atoms with van der Waals surface area (Å²) in [4.78, 5) is 26.7. The van der Waals surface area contributed by atoms with E-state index in [0.29, 0.717) is 12.5 Å². The van der Waals surface area contributed by atoms with E-state index in [0.717, 1.165) is 79.6 Å². The number of aromatic nitrogens is 1. The third-order valence-corrected chi connectivity index (χ3v) is 9.19. The van der Waals surface area contributed by atoms with Crippen molar-refractivity contribution in [2.24, 2.45) is 0 Å². The molecular weight excluding hydrogens is 588 g/mol. The second-order valence-electron chi connectivity index (χ2n) is 12.3. The van der Waals surface area contributed by atoms with E-state index in [1.54, 1.807) is 31.1 Å². The van der Waals surface area contributed by atoms with Crippen molar-refractivity contribution in [3.63, 3.8) is 0 Å². The largest absolute Gasteiger partial charge is 0.489 e. The molecule has 0 spiro atoms. The number of aromatic carboxylic acids is 1. The molecule has 0 radical (unpaired) electrons. The van der Waals surface area contributed by atoms with Gasteiger partial charge in [-0.1, -0.05) is 70.9 Å². The van der Waals surface area contributed by atoms with Crippen molar-refractivity contribution < 1.29 is 24.2 Å². The summed E-state index contributed by atoms with van der Waals surface area (Å²) in [5.74, 6) is 0.508. The first-order chi connectivity index (χ1) is 22.8. The number of amides is 1. The first kappa shape index (κ1) is 35.7. The number of ether oxygens (including phenoxy) is 2. The zero-order valence-electron chi connectivity index (χ0n) is 29.1. The lowest BCUT2D eigenvalue weighted by atomic mass is 9.87. The number of unbranched alkanes of at least 4 members (excludes halogenated alkanes) is 1. The van der Waals surface area contributed by atoms with Crippen molar-refractivity contribution in [1.29, 1.82) is 0 Å². The summed E-state index contributed by atoms with van der Waals surface area (Å²) in [5, 5.41) is 10.8. The summed E-state index contributed by atoms with van der Waals surface area (Å²) in [6, 6.07) is 22.0. The third kappa shape index (κ3) is 8.44. The molecular formula is C40H52N2O5. The van der Waals surface area contributed by atoms with Crippen LogP contribution in [0.25, 0.3) is 22.2 Å². The molecule has 7 heteroatoms. The number of nitrogens with zero attached hydrogens (tertiary/aromatic N) is 2. The van der Waals surface area contributed by atoms with Crippen LogP contribution < -0.4 is 4.74 Å². The van der Waals surface area contributed by atoms with E-state index in [2.05, 4.69) is 50.2 Å². The van der Waals surface area contributed by atoms with Crippen molar-refractivity contribution in [1.82, 2.24) is 9.47 Å². The van der Waals surface area contributed by atoms with Crippen LogP contribution in [-0.4, -0.2) is 53.8 Å². The lowest BCUT2D eigenvalue weighted by molar-refractivity contribution is -0.129. The Kier molecular flexibility index (Phi) is 13.1. The summed E-state index contributed by atoms with van der Waals surface area (Å²) in [7, 11) is 3.50. The number of hydrogen-bond acceptors (Lipinski definition) is 4. The Balaban J connectivity index is 0.00000245. The lowest BCUT2D eigenvalue weighted by Gasteiger charge is -2.24. The van der Waals surface area contributed by atoms with Crippen LogP contribution >= 0.6 is 0 Å². The van der Waals surface area contributed by atoms with E-state index >= 15 is 0 Å². The molecule has 1 fully saturated rings. The molecule has 1 aromatic heterocycles. The summed E-state index contributed by atoms with van der Waals surface area (Å²) in [6.07, 6.45) is 6.22. The van der Waals surface area contributed by atoms with E-state index < -0.39 is 5.97 Å². The molecule has 0 saturated carbocycles. The first-order valence-corrected chi connectivity index (χ1v) is 17.3. The topological polar surface area (TPSA) is 81.0 Å². The van der Waals surface area contributed by atoms with Gasteiger partial charge in [0.15, 0.2) is 0 Å². The van der Waals surface area contributed by atoms with Crippen molar-refractivity contribution in [3.05, 3.63) is 89.0 Å². The SMILES string of the molecule is CC.CCCCC(CC)c1c(-c2ccc(OCc3ccccc3C3CCOCC3)cc2)n(CC(=O)N(C)C)c2cc(C(=O)O)ccc12. The number of likely N-dealkylation sites (N-methyl/N-ethyl adjacent to an activating group) is 1. The molecule has 1 atom stereocenters. The minimum atomic E-state index is -0.982. The predicted molar refractivity (Wildman–Crippen MR) is 191 cm³/mol. The van der Waals surface area contributed by atoms with Gasteiger partial charge in [-0.15, -0.1) is 0 Å². The normalized spacial score (nSPS) is 13.9. The molecule has 5 rings (SSSR count). The molecule has 3 aromatic carbocycles. The highest BCUT2D eigenvalue weighted by molar-refractivity contribution is 5.99. The van der Waals surface area contributed by atoms with Crippen molar-refractivity contribution >= 4 is 22.8 Å². The van der Waals surface area contributed by atoms with E-state index in [1.165, 1.54) is 16.7 Å². The highest BCUT2D eigenvalue weighted by Gasteiger charge is 2.26. The molecule has 1 aliphatic heterocycles. The standard InChI is InChI=1S/C38H46N2O5.C2H6/c1-5-7-10-26(6-2)36-33-18-15-29(38(42)43)23-34(33)40(24-35(41)39(3)4)37(36)28-13-16-31(17-14-28)45-25-30-11-8-9-12-32(30)27-19-21-44-22-20-27;1-2/h8-9,11-18,23,26-27H,5-7,10,19-22,24-25H2,1-4H3,(H,42,43);1-2H3. The maximum Gasteiger partial charge on any atom is 0.335 e. The summed E-state index contributed by atoms with van der Waals surface area (Å²) >= 11 is 0. The number of fused-ring (bicyclic) bond motifs is 1. The van der Waals surface area contributed by atoms with E-state index in [9.17, 15) is 14.7 Å². The van der Waals surface area contributed by atoms with Crippen LogP contribution in [0.3, 0.4) is 0 Å². The maximum atomic E-state index is 13.2. The van der Waals surface area contributed by atoms with Gasteiger partial charge >= 0.3 is 5.97 Å². The van der Waals surface area contributed by atoms with E-state index in [4.69, 9.17) is 9.47 Å². The first-order valence-electron chi connectivity index (χ1n) is 17.3. The van der Waals surface area contributed by atoms with E-state index in [1.807, 2.05) is 36.6 Å². The Bertz CT molecular complexity index is 1620. The maximum absolute atomic E-state index is 13.2. The Morgan fingerprint density at radius 2 is 1.70 bits per heavy atom. The van der Waals surface area contributed by atoms with Gasteiger partial charge in [0, 0.05) is 32.7 Å². The van der Waals surface area contributed by atoms with Crippen molar-refractivity contribution in [2.45, 2.75) is 91.2 Å². The van der Waals surface area contributed by atoms with E-state index in [-0.39, 0.29) is 23.9 Å². The van der Waals surface area contributed by atoms with Crippen LogP contribution in [0.2, 0.25) is 0 Å². The minimum absolute atomic E-state index is 0.0508. The number of rotatable bonds is 13. The molecule has 2 heterocycles. The molecule has 0 bridgehead atoms. The van der Waals surface area contributed by atoms with Crippen LogP contribution in [0.4, 0.5) is 0 Å². The fourth-order valence-electron chi connectivity index (χ4n) is 6.62. The molecule has 1 aliphatic rings. The van der Waals surface area contributed by atoms with Crippen LogP contribution in [0.5, 0.6) is 5.75 Å². The van der Waals surface area contributed by atoms with Gasteiger partial charge in [-0.25, -0.2) is 4.79 Å². The summed E-state index contributed by atoms with van der Waals surface area (Å²) < 4.78 is 13.9. The average molecular weight is 641 g/mol. The Morgan fingerprint density at radius 3 is 2.34 bits per heavy atom. The number of carboxylic acid groups (broad SMARTS) is 1. The van der Waals surface area contributed by atoms with Gasteiger partial charge in [0.25, 0.3) is 0 Å². The number of benzene rings is 3. The van der Waals surface area contributed by atoms with Gasteiger partial charge in [-0.2, -0.15) is 0 Å². The quantitative estimate of drug-likeness (QED) is 0.158. The van der Waals surface area contributed by atoms with Crippen molar-refractivity contribution in [3.8, 4) is 17.0 Å². The third-order valence-electron chi connectivity index (χ3n) is 9.19. The highest BCUT2D eigenvalue weighted by atomic mass is 16.5. The second-order valence-corrected chi connectivity index (χ2v) is 12.3. The van der Waals surface area contributed by atoms with Crippen LogP contribution in [0.1, 0.15) is 105 Å². The van der Waals surface area contributed by atoms with Gasteiger partial charge in [0.1, 0.15) is 18.9 Å². The zero-order chi connectivity index (χ0) is 33.9. The minimum Gasteiger partial charge on any atom is -0.489 e. The molecule has 47 heavy (non-hydrogen) atoms. The summed E-state index contributed by atoms with van der Waals surface area (Å²) in [5.41, 5.74) is 6.67. The lowest BCUT2D eigenvalue weighted by Crippen LogP contribution is -2.26. The van der Waals surface area contributed by atoms with Gasteiger partial charge in [0.2, 0.25) is 5.91 Å². The molecule has 0 aliphatic carbocycles. The average Bonchev–Trinajstić information content (AvgIpc) is 3.42. The van der Waals surface area contributed by atoms with Gasteiger partial charge < -0.3 is 24.0 Å². The number of hydrogen-bond donors (Lipinski definition) is 1. The van der Waals surface area contributed by atoms with Crippen LogP contribution in [-0.2, 0) is 22.7 Å². The number of carbonyl (C=O) groups excluding carboxylic acids is 1. The monoisotopic (exact) mass is 640 g/mol. The molecule has 1 N–H and O–H groups in total. The molecule has 1 saturated heterocycles. The van der Waals surface area contributed by atoms with Crippen molar-refractivity contribution in [2.75, 3.05) is 27.3 Å². The number of carboxylic acids is 1. The molecule has 7 nitrogen and oxygen atoms in total. The molecule has 1 amide bonds.